The highest BCUT2D eigenvalue weighted by Gasteiger charge is 2.30. The highest BCUT2D eigenvalue weighted by molar-refractivity contribution is 7.85. The lowest BCUT2D eigenvalue weighted by atomic mass is 9.99. The SMILES string of the molecule is CC(C)(C)S(=O)/N=C/CC1(O)CCCC1. The number of hydrogen-bond acceptors (Lipinski definition) is 2. The van der Waals surface area contributed by atoms with Gasteiger partial charge in [-0.05, 0) is 33.6 Å². The molecule has 0 amide bonds. The highest BCUT2D eigenvalue weighted by Crippen LogP contribution is 2.31. The van der Waals surface area contributed by atoms with Crippen molar-refractivity contribution in [2.45, 2.75) is 63.2 Å². The van der Waals surface area contributed by atoms with E-state index in [1.54, 1.807) is 6.21 Å². The number of nitrogens with zero attached hydrogens (tertiary/aromatic N) is 1. The third-order valence-electron chi connectivity index (χ3n) is 2.70. The van der Waals surface area contributed by atoms with E-state index < -0.39 is 16.6 Å². The molecule has 15 heavy (non-hydrogen) atoms. The first-order valence-corrected chi connectivity index (χ1v) is 6.61. The fraction of sp³-hybridized carbons (Fsp3) is 0.909. The van der Waals surface area contributed by atoms with E-state index in [-0.39, 0.29) is 4.75 Å². The van der Waals surface area contributed by atoms with Crippen molar-refractivity contribution in [3.05, 3.63) is 0 Å². The van der Waals surface area contributed by atoms with Crippen molar-refractivity contribution in [1.82, 2.24) is 0 Å². The zero-order chi connectivity index (χ0) is 11.5. The maximum Gasteiger partial charge on any atom is 0.144 e. The van der Waals surface area contributed by atoms with Gasteiger partial charge in [0, 0.05) is 12.6 Å². The van der Waals surface area contributed by atoms with Gasteiger partial charge in [-0.1, -0.05) is 12.8 Å². The third kappa shape index (κ3) is 4.03. The Morgan fingerprint density at radius 1 is 1.40 bits per heavy atom. The molecule has 0 heterocycles. The normalized spacial score (nSPS) is 23.5. The second-order valence-corrected chi connectivity index (χ2v) is 7.22. The summed E-state index contributed by atoms with van der Waals surface area (Å²) in [7, 11) is -1.20. The van der Waals surface area contributed by atoms with Gasteiger partial charge in [0.25, 0.3) is 0 Å². The van der Waals surface area contributed by atoms with Crippen LogP contribution in [0, 0.1) is 0 Å². The van der Waals surface area contributed by atoms with E-state index in [1.165, 1.54) is 0 Å². The van der Waals surface area contributed by atoms with Crippen LogP contribution < -0.4 is 0 Å². The minimum Gasteiger partial charge on any atom is -0.390 e. The quantitative estimate of drug-likeness (QED) is 0.757. The largest absolute Gasteiger partial charge is 0.390 e. The smallest absolute Gasteiger partial charge is 0.144 e. The summed E-state index contributed by atoms with van der Waals surface area (Å²) in [6.07, 6.45) is 6.04. The van der Waals surface area contributed by atoms with Crippen molar-refractivity contribution in [3.63, 3.8) is 0 Å². The standard InChI is InChI=1S/C11H21NO2S/c1-10(2,3)15(14)12-9-8-11(13)6-4-5-7-11/h9,13H,4-8H2,1-3H3/b12-9+. The van der Waals surface area contributed by atoms with Crippen molar-refractivity contribution >= 4 is 17.2 Å². The molecule has 88 valence electrons. The van der Waals surface area contributed by atoms with Gasteiger partial charge in [-0.25, -0.2) is 4.21 Å². The molecule has 1 aliphatic carbocycles. The second-order valence-electron chi connectivity index (χ2n) is 5.29. The predicted molar refractivity (Wildman–Crippen MR) is 64.4 cm³/mol. The van der Waals surface area contributed by atoms with Gasteiger partial charge in [0.15, 0.2) is 0 Å². The van der Waals surface area contributed by atoms with Gasteiger partial charge in [-0.15, -0.1) is 0 Å². The first-order chi connectivity index (χ1) is 6.83. The van der Waals surface area contributed by atoms with Gasteiger partial charge in [-0.3, -0.25) is 0 Å². The monoisotopic (exact) mass is 231 g/mol. The van der Waals surface area contributed by atoms with E-state index in [0.717, 1.165) is 25.7 Å². The molecule has 1 atom stereocenters. The predicted octanol–water partition coefficient (Wildman–Crippen LogP) is 2.21. The summed E-state index contributed by atoms with van der Waals surface area (Å²) >= 11 is 0. The molecule has 0 aromatic rings. The van der Waals surface area contributed by atoms with Crippen LogP contribution in [-0.2, 0) is 11.0 Å². The minimum absolute atomic E-state index is 0.311. The van der Waals surface area contributed by atoms with E-state index in [4.69, 9.17) is 0 Å². The summed E-state index contributed by atoms with van der Waals surface area (Å²) in [5.41, 5.74) is -0.578. The molecule has 0 aliphatic heterocycles. The molecule has 0 radical (unpaired) electrons. The van der Waals surface area contributed by atoms with Crippen LogP contribution in [-0.4, -0.2) is 25.9 Å². The average Bonchev–Trinajstić information content (AvgIpc) is 2.50. The average molecular weight is 231 g/mol. The third-order valence-corrected chi connectivity index (χ3v) is 4.09. The van der Waals surface area contributed by atoms with Crippen LogP contribution in [0.5, 0.6) is 0 Å². The lowest BCUT2D eigenvalue weighted by Gasteiger charge is -2.19. The summed E-state index contributed by atoms with van der Waals surface area (Å²) in [5.74, 6) is 0. The zero-order valence-electron chi connectivity index (χ0n) is 9.82. The van der Waals surface area contributed by atoms with Crippen LogP contribution >= 0.6 is 0 Å². The molecular formula is C11H21NO2S. The number of hydrogen-bond donors (Lipinski definition) is 1. The minimum atomic E-state index is -1.20. The second kappa shape index (κ2) is 4.74. The first-order valence-electron chi connectivity index (χ1n) is 5.50. The summed E-state index contributed by atoms with van der Waals surface area (Å²) in [4.78, 5) is 0. The molecule has 1 unspecified atom stereocenters. The Morgan fingerprint density at radius 3 is 2.40 bits per heavy atom. The van der Waals surface area contributed by atoms with Gasteiger partial charge in [0.2, 0.25) is 0 Å². The summed E-state index contributed by atoms with van der Waals surface area (Å²) in [5, 5.41) is 10.0. The molecule has 1 saturated carbocycles. The van der Waals surface area contributed by atoms with Gasteiger partial charge >= 0.3 is 0 Å². The van der Waals surface area contributed by atoms with Crippen molar-refractivity contribution in [3.8, 4) is 0 Å². The van der Waals surface area contributed by atoms with E-state index in [0.29, 0.717) is 6.42 Å². The van der Waals surface area contributed by atoms with E-state index in [9.17, 15) is 9.32 Å². The maximum absolute atomic E-state index is 11.6. The molecule has 0 aromatic heterocycles. The maximum atomic E-state index is 11.6. The van der Waals surface area contributed by atoms with Crippen LogP contribution in [0.4, 0.5) is 0 Å². The Morgan fingerprint density at radius 2 is 1.93 bits per heavy atom. The molecular weight excluding hydrogens is 210 g/mol. The van der Waals surface area contributed by atoms with Crippen LogP contribution in [0.25, 0.3) is 0 Å². The lowest BCUT2D eigenvalue weighted by molar-refractivity contribution is 0.0566. The van der Waals surface area contributed by atoms with E-state index in [1.807, 2.05) is 20.8 Å². The number of aliphatic hydroxyl groups is 1. The van der Waals surface area contributed by atoms with Crippen molar-refractivity contribution in [1.29, 1.82) is 0 Å². The molecule has 0 bridgehead atoms. The molecule has 1 N–H and O–H groups in total. The number of rotatable bonds is 3. The van der Waals surface area contributed by atoms with Crippen LogP contribution in [0.2, 0.25) is 0 Å². The highest BCUT2D eigenvalue weighted by atomic mass is 32.2. The summed E-state index contributed by atoms with van der Waals surface area (Å²) in [6, 6.07) is 0. The first kappa shape index (κ1) is 12.8. The molecule has 1 aliphatic rings. The molecule has 0 aromatic carbocycles. The van der Waals surface area contributed by atoms with Crippen LogP contribution in [0.3, 0.4) is 0 Å². The Hall–Kier alpha value is -0.220. The molecule has 0 spiro atoms. The molecule has 1 fully saturated rings. The van der Waals surface area contributed by atoms with Gasteiger partial charge in [-0.2, -0.15) is 4.40 Å². The van der Waals surface area contributed by atoms with E-state index >= 15 is 0 Å². The van der Waals surface area contributed by atoms with Gasteiger partial charge in [0.05, 0.1) is 10.3 Å². The van der Waals surface area contributed by atoms with Crippen molar-refractivity contribution < 1.29 is 9.32 Å². The van der Waals surface area contributed by atoms with Crippen molar-refractivity contribution in [2.75, 3.05) is 0 Å². The van der Waals surface area contributed by atoms with Gasteiger partial charge < -0.3 is 5.11 Å². The van der Waals surface area contributed by atoms with Crippen molar-refractivity contribution in [2.24, 2.45) is 4.40 Å². The Bertz CT molecular complexity index is 262. The van der Waals surface area contributed by atoms with Crippen LogP contribution in [0.15, 0.2) is 4.40 Å². The Labute approximate surface area is 94.6 Å². The summed E-state index contributed by atoms with van der Waals surface area (Å²) < 4.78 is 15.3. The molecule has 4 heteroatoms. The fourth-order valence-corrected chi connectivity index (χ4v) is 2.20. The lowest BCUT2D eigenvalue weighted by Crippen LogP contribution is -2.25. The Kier molecular flexibility index (Phi) is 4.06. The fourth-order valence-electron chi connectivity index (χ4n) is 1.67. The zero-order valence-corrected chi connectivity index (χ0v) is 10.6. The van der Waals surface area contributed by atoms with Gasteiger partial charge in [0.1, 0.15) is 11.0 Å². The molecule has 3 nitrogen and oxygen atoms in total. The molecule has 1 rings (SSSR count). The Balaban J connectivity index is 2.43. The topological polar surface area (TPSA) is 49.7 Å². The van der Waals surface area contributed by atoms with Crippen LogP contribution in [0.1, 0.15) is 52.9 Å². The molecule has 0 saturated heterocycles. The summed E-state index contributed by atoms with van der Waals surface area (Å²) in [6.45, 7) is 5.68. The van der Waals surface area contributed by atoms with E-state index in [2.05, 4.69) is 4.40 Å².